The molecule has 0 aromatic carbocycles. The molecule has 5 nitrogen and oxygen atoms in total. The average molecular weight is 310 g/mol. The molecule has 2 heterocycles. The lowest BCUT2D eigenvalue weighted by molar-refractivity contribution is 0.390. The molecule has 2 aromatic heterocycles. The molecule has 0 aliphatic heterocycles. The van der Waals surface area contributed by atoms with E-state index in [-0.39, 0.29) is 5.56 Å². The molecule has 0 bridgehead atoms. The number of rotatable bonds is 3. The summed E-state index contributed by atoms with van der Waals surface area (Å²) in [6.45, 7) is 2.17. The quantitative estimate of drug-likeness (QED) is 0.867. The Balaban J connectivity index is 2.46. The number of hydrogen-bond acceptors (Lipinski definition) is 4. The van der Waals surface area contributed by atoms with E-state index >= 15 is 0 Å². The van der Waals surface area contributed by atoms with Crippen LogP contribution >= 0.6 is 15.9 Å². The molecule has 0 atom stereocenters. The molecular formula is C12H12BrN3O2. The zero-order valence-corrected chi connectivity index (χ0v) is 11.6. The van der Waals surface area contributed by atoms with Crippen molar-refractivity contribution in [1.29, 1.82) is 0 Å². The Kier molecular flexibility index (Phi) is 3.76. The molecule has 0 saturated carbocycles. The highest BCUT2D eigenvalue weighted by Crippen LogP contribution is 2.15. The first-order valence-electron chi connectivity index (χ1n) is 5.33. The van der Waals surface area contributed by atoms with Crippen molar-refractivity contribution >= 4 is 15.9 Å². The first kappa shape index (κ1) is 12.8. The van der Waals surface area contributed by atoms with Crippen molar-refractivity contribution < 1.29 is 4.74 Å². The fraction of sp³-hybridized carbons (Fsp3) is 0.250. The van der Waals surface area contributed by atoms with Gasteiger partial charge in [0.2, 0.25) is 5.88 Å². The summed E-state index contributed by atoms with van der Waals surface area (Å²) < 4.78 is 7.18. The zero-order valence-electron chi connectivity index (χ0n) is 10.1. The van der Waals surface area contributed by atoms with Gasteiger partial charge in [-0.15, -0.1) is 0 Å². The molecule has 6 heteroatoms. The topological polar surface area (TPSA) is 57.0 Å². The Morgan fingerprint density at radius 2 is 2.22 bits per heavy atom. The molecule has 2 rings (SSSR count). The highest BCUT2D eigenvalue weighted by Gasteiger charge is 2.09. The van der Waals surface area contributed by atoms with Crippen LogP contribution < -0.4 is 10.3 Å². The minimum absolute atomic E-state index is 0.117. The molecule has 18 heavy (non-hydrogen) atoms. The van der Waals surface area contributed by atoms with Crippen LogP contribution in [0.25, 0.3) is 0 Å². The third kappa shape index (κ3) is 2.43. The average Bonchev–Trinajstić information content (AvgIpc) is 2.39. The van der Waals surface area contributed by atoms with Gasteiger partial charge >= 0.3 is 0 Å². The van der Waals surface area contributed by atoms with Crippen molar-refractivity contribution in [2.24, 2.45) is 0 Å². The highest BCUT2D eigenvalue weighted by molar-refractivity contribution is 9.10. The van der Waals surface area contributed by atoms with Gasteiger partial charge in [0, 0.05) is 18.0 Å². The minimum atomic E-state index is -0.117. The Labute approximate surface area is 113 Å². The molecular weight excluding hydrogens is 298 g/mol. The van der Waals surface area contributed by atoms with Gasteiger partial charge in [0.1, 0.15) is 10.3 Å². The molecule has 0 unspecified atom stereocenters. The van der Waals surface area contributed by atoms with Gasteiger partial charge in [0.25, 0.3) is 5.56 Å². The molecule has 0 fully saturated rings. The van der Waals surface area contributed by atoms with Crippen LogP contribution in [0.3, 0.4) is 0 Å². The summed E-state index contributed by atoms with van der Waals surface area (Å²) in [5.41, 5.74) is 0.721. The number of pyridine rings is 1. The lowest BCUT2D eigenvalue weighted by atomic mass is 10.2. The van der Waals surface area contributed by atoms with Crippen molar-refractivity contribution in [3.05, 3.63) is 50.7 Å². The van der Waals surface area contributed by atoms with Crippen LogP contribution in [0.15, 0.2) is 33.8 Å². The number of nitrogens with zero attached hydrogens (tertiary/aromatic N) is 3. The van der Waals surface area contributed by atoms with E-state index in [1.165, 1.54) is 6.20 Å². The monoisotopic (exact) mass is 309 g/mol. The van der Waals surface area contributed by atoms with E-state index in [1.54, 1.807) is 24.8 Å². The molecule has 0 spiro atoms. The van der Waals surface area contributed by atoms with Crippen molar-refractivity contribution in [3.8, 4) is 5.88 Å². The molecule has 2 aromatic rings. The maximum absolute atomic E-state index is 12.0. The lowest BCUT2D eigenvalue weighted by Gasteiger charge is -2.11. The van der Waals surface area contributed by atoms with Crippen molar-refractivity contribution in [2.75, 3.05) is 7.11 Å². The smallest absolute Gasteiger partial charge is 0.268 e. The summed E-state index contributed by atoms with van der Waals surface area (Å²) in [6, 6.07) is 3.68. The van der Waals surface area contributed by atoms with Crippen LogP contribution in [0.2, 0.25) is 0 Å². The molecule has 0 aliphatic carbocycles. The molecule has 0 radical (unpaired) electrons. The van der Waals surface area contributed by atoms with Crippen LogP contribution in [-0.2, 0) is 6.54 Å². The summed E-state index contributed by atoms with van der Waals surface area (Å²) in [4.78, 5) is 20.3. The third-order valence-electron chi connectivity index (χ3n) is 2.58. The first-order valence-corrected chi connectivity index (χ1v) is 6.12. The van der Waals surface area contributed by atoms with Crippen molar-refractivity contribution in [2.45, 2.75) is 13.5 Å². The standard InChI is InChI=1S/C12H12BrN3O2/c1-8-15-6-10(13)12(17)16(8)7-9-4-3-5-14-11(9)18-2/h3-6H,7H2,1-2H3. The van der Waals surface area contributed by atoms with Gasteiger partial charge in [-0.2, -0.15) is 0 Å². The van der Waals surface area contributed by atoms with Gasteiger partial charge in [0.05, 0.1) is 13.7 Å². The maximum atomic E-state index is 12.0. The van der Waals surface area contributed by atoms with E-state index in [1.807, 2.05) is 12.1 Å². The second-order valence-corrected chi connectivity index (χ2v) is 4.57. The Hall–Kier alpha value is -1.69. The number of aromatic nitrogens is 3. The number of halogens is 1. The highest BCUT2D eigenvalue weighted by atomic mass is 79.9. The van der Waals surface area contributed by atoms with Crippen molar-refractivity contribution in [3.63, 3.8) is 0 Å². The fourth-order valence-electron chi connectivity index (χ4n) is 1.64. The Morgan fingerprint density at radius 3 is 2.94 bits per heavy atom. The fourth-order valence-corrected chi connectivity index (χ4v) is 1.95. The van der Waals surface area contributed by atoms with Gasteiger partial charge in [-0.1, -0.05) is 6.07 Å². The second-order valence-electron chi connectivity index (χ2n) is 3.72. The van der Waals surface area contributed by atoms with Gasteiger partial charge in [-0.05, 0) is 28.9 Å². The summed E-state index contributed by atoms with van der Waals surface area (Å²) in [5.74, 6) is 1.16. The van der Waals surface area contributed by atoms with E-state index in [0.29, 0.717) is 22.7 Å². The number of aryl methyl sites for hydroxylation is 1. The van der Waals surface area contributed by atoms with Crippen LogP contribution in [-0.4, -0.2) is 21.6 Å². The van der Waals surface area contributed by atoms with E-state index in [2.05, 4.69) is 25.9 Å². The SMILES string of the molecule is COc1ncccc1Cn1c(C)ncc(Br)c1=O. The lowest BCUT2D eigenvalue weighted by Crippen LogP contribution is -2.24. The Morgan fingerprint density at radius 1 is 1.44 bits per heavy atom. The predicted molar refractivity (Wildman–Crippen MR) is 70.8 cm³/mol. The normalized spacial score (nSPS) is 10.4. The summed E-state index contributed by atoms with van der Waals surface area (Å²) >= 11 is 3.19. The van der Waals surface area contributed by atoms with E-state index in [9.17, 15) is 4.79 Å². The molecule has 0 amide bonds. The molecule has 94 valence electrons. The van der Waals surface area contributed by atoms with E-state index in [4.69, 9.17) is 4.74 Å². The molecule has 0 N–H and O–H groups in total. The van der Waals surface area contributed by atoms with Gasteiger partial charge in [-0.25, -0.2) is 9.97 Å². The zero-order chi connectivity index (χ0) is 13.1. The number of methoxy groups -OCH3 is 1. The van der Waals surface area contributed by atoms with Crippen molar-refractivity contribution in [1.82, 2.24) is 14.5 Å². The molecule has 0 aliphatic rings. The van der Waals surface area contributed by atoms with Crippen LogP contribution in [0.5, 0.6) is 5.88 Å². The number of ether oxygens (including phenoxy) is 1. The maximum Gasteiger partial charge on any atom is 0.268 e. The first-order chi connectivity index (χ1) is 8.63. The Bertz CT molecular complexity index is 625. The molecule has 0 saturated heterocycles. The summed E-state index contributed by atoms with van der Waals surface area (Å²) in [7, 11) is 1.56. The van der Waals surface area contributed by atoms with Gasteiger partial charge < -0.3 is 4.74 Å². The summed E-state index contributed by atoms with van der Waals surface area (Å²) in [6.07, 6.45) is 3.16. The van der Waals surface area contributed by atoms with Crippen LogP contribution in [0, 0.1) is 6.92 Å². The minimum Gasteiger partial charge on any atom is -0.481 e. The van der Waals surface area contributed by atoms with Crippen LogP contribution in [0.1, 0.15) is 11.4 Å². The van der Waals surface area contributed by atoms with Gasteiger partial charge in [-0.3, -0.25) is 9.36 Å². The number of hydrogen-bond donors (Lipinski definition) is 0. The van der Waals surface area contributed by atoms with E-state index in [0.717, 1.165) is 5.56 Å². The van der Waals surface area contributed by atoms with E-state index < -0.39 is 0 Å². The largest absolute Gasteiger partial charge is 0.481 e. The predicted octanol–water partition coefficient (Wildman–Crippen LogP) is 1.77. The van der Waals surface area contributed by atoms with Crippen LogP contribution in [0.4, 0.5) is 0 Å². The summed E-state index contributed by atoms with van der Waals surface area (Å²) in [5, 5.41) is 0. The second kappa shape index (κ2) is 5.30. The van der Waals surface area contributed by atoms with Gasteiger partial charge in [0.15, 0.2) is 0 Å². The third-order valence-corrected chi connectivity index (χ3v) is 3.12.